The number of benzene rings is 1. The summed E-state index contributed by atoms with van der Waals surface area (Å²) in [6.45, 7) is 0. The van der Waals surface area contributed by atoms with Gasteiger partial charge in [0.25, 0.3) is 0 Å². The first kappa shape index (κ1) is 14.9. The highest BCUT2D eigenvalue weighted by Crippen LogP contribution is 2.38. The largest absolute Gasteiger partial charge is 0.476 e. The van der Waals surface area contributed by atoms with Crippen LogP contribution in [0.4, 0.5) is 13.2 Å². The third kappa shape index (κ3) is 2.70. The number of rotatable bonds is 2. The molecule has 116 valence electrons. The van der Waals surface area contributed by atoms with Crippen molar-refractivity contribution in [3.8, 4) is 11.1 Å². The molecule has 0 saturated carbocycles. The second-order valence-corrected chi connectivity index (χ2v) is 4.67. The van der Waals surface area contributed by atoms with Gasteiger partial charge in [-0.05, 0) is 17.7 Å². The molecule has 5 nitrogen and oxygen atoms in total. The minimum Gasteiger partial charge on any atom is -0.476 e. The number of fused-ring (bicyclic) bond motifs is 1. The topological polar surface area (TPSA) is 76.0 Å². The second kappa shape index (κ2) is 5.31. The van der Waals surface area contributed by atoms with Crippen LogP contribution in [0.3, 0.4) is 0 Å². The first-order valence-electron chi connectivity index (χ1n) is 6.38. The van der Waals surface area contributed by atoms with Gasteiger partial charge in [0.05, 0.1) is 5.56 Å². The number of halogens is 3. The van der Waals surface area contributed by atoms with Crippen LogP contribution >= 0.6 is 0 Å². The molecule has 0 bridgehead atoms. The molecular formula is C15H8F3N3O2. The van der Waals surface area contributed by atoms with E-state index in [1.165, 1.54) is 36.8 Å². The number of carbonyl (C=O) groups is 1. The van der Waals surface area contributed by atoms with Crippen LogP contribution in [0.25, 0.3) is 22.2 Å². The van der Waals surface area contributed by atoms with Crippen molar-refractivity contribution in [2.24, 2.45) is 0 Å². The van der Waals surface area contributed by atoms with Crippen molar-refractivity contribution in [2.75, 3.05) is 0 Å². The SMILES string of the molecule is O=C(O)c1nc2ncncc2cc1-c1ccccc1C(F)(F)F. The highest BCUT2D eigenvalue weighted by Gasteiger charge is 2.34. The Bertz CT molecular complexity index is 910. The van der Waals surface area contributed by atoms with Crippen molar-refractivity contribution < 1.29 is 23.1 Å². The van der Waals surface area contributed by atoms with Gasteiger partial charge in [0, 0.05) is 17.1 Å². The summed E-state index contributed by atoms with van der Waals surface area (Å²) in [7, 11) is 0. The van der Waals surface area contributed by atoms with Gasteiger partial charge in [0.2, 0.25) is 0 Å². The monoisotopic (exact) mass is 319 g/mol. The first-order valence-corrected chi connectivity index (χ1v) is 6.38. The van der Waals surface area contributed by atoms with Gasteiger partial charge >= 0.3 is 12.1 Å². The summed E-state index contributed by atoms with van der Waals surface area (Å²) in [6.07, 6.45) is -2.07. The molecule has 0 radical (unpaired) electrons. The Labute approximate surface area is 127 Å². The third-order valence-corrected chi connectivity index (χ3v) is 3.22. The van der Waals surface area contributed by atoms with Gasteiger partial charge in [-0.15, -0.1) is 0 Å². The maximum absolute atomic E-state index is 13.2. The number of nitrogens with zero attached hydrogens (tertiary/aromatic N) is 3. The zero-order chi connectivity index (χ0) is 16.6. The molecule has 23 heavy (non-hydrogen) atoms. The van der Waals surface area contributed by atoms with E-state index in [9.17, 15) is 23.1 Å². The van der Waals surface area contributed by atoms with Crippen LogP contribution in [0.15, 0.2) is 42.9 Å². The van der Waals surface area contributed by atoms with E-state index in [-0.39, 0.29) is 16.8 Å². The predicted octanol–water partition coefficient (Wildman–Crippen LogP) is 3.41. The molecular weight excluding hydrogens is 311 g/mol. The van der Waals surface area contributed by atoms with Gasteiger partial charge in [-0.2, -0.15) is 13.2 Å². The number of carboxylic acid groups (broad SMARTS) is 1. The van der Waals surface area contributed by atoms with Gasteiger partial charge in [-0.25, -0.2) is 19.7 Å². The van der Waals surface area contributed by atoms with Gasteiger partial charge in [0.15, 0.2) is 11.3 Å². The van der Waals surface area contributed by atoms with Crippen LogP contribution in [0.2, 0.25) is 0 Å². The fraction of sp³-hybridized carbons (Fsp3) is 0.0667. The zero-order valence-corrected chi connectivity index (χ0v) is 11.4. The molecule has 0 amide bonds. The average molecular weight is 319 g/mol. The highest BCUT2D eigenvalue weighted by molar-refractivity contribution is 5.98. The molecule has 0 aliphatic rings. The summed E-state index contributed by atoms with van der Waals surface area (Å²) in [5, 5.41) is 9.64. The van der Waals surface area contributed by atoms with E-state index in [4.69, 9.17) is 0 Å². The molecule has 3 aromatic rings. The van der Waals surface area contributed by atoms with E-state index in [1.54, 1.807) is 0 Å². The lowest BCUT2D eigenvalue weighted by Crippen LogP contribution is -2.10. The van der Waals surface area contributed by atoms with Crippen LogP contribution in [0.1, 0.15) is 16.1 Å². The molecule has 1 aromatic carbocycles. The van der Waals surface area contributed by atoms with Crippen molar-refractivity contribution in [2.45, 2.75) is 6.18 Å². The fourth-order valence-corrected chi connectivity index (χ4v) is 2.25. The molecule has 1 N–H and O–H groups in total. The van der Waals surface area contributed by atoms with E-state index >= 15 is 0 Å². The Hall–Kier alpha value is -3.03. The number of carboxylic acids is 1. The standard InChI is InChI=1S/C15H8F3N3O2/c16-15(17,18)11-4-2-1-3-9(11)10-5-8-6-19-7-20-13(8)21-12(10)14(22)23/h1-7H,(H,22,23). The Balaban J connectivity index is 2.36. The van der Waals surface area contributed by atoms with Gasteiger partial charge in [-0.3, -0.25) is 0 Å². The van der Waals surface area contributed by atoms with E-state index in [0.717, 1.165) is 6.07 Å². The lowest BCUT2D eigenvalue weighted by atomic mass is 9.97. The van der Waals surface area contributed by atoms with Crippen LogP contribution in [0.5, 0.6) is 0 Å². The van der Waals surface area contributed by atoms with Crippen molar-refractivity contribution in [1.82, 2.24) is 15.0 Å². The number of hydrogen-bond acceptors (Lipinski definition) is 4. The summed E-state index contributed by atoms with van der Waals surface area (Å²) in [6, 6.07) is 6.05. The minimum absolute atomic E-state index is 0.102. The van der Waals surface area contributed by atoms with E-state index in [1.807, 2.05) is 0 Å². The second-order valence-electron chi connectivity index (χ2n) is 4.67. The number of aromatic carboxylic acids is 1. The number of hydrogen-bond donors (Lipinski definition) is 1. The smallest absolute Gasteiger partial charge is 0.417 e. The summed E-state index contributed by atoms with van der Waals surface area (Å²) in [5.41, 5.74) is -1.71. The van der Waals surface area contributed by atoms with E-state index < -0.39 is 23.4 Å². The van der Waals surface area contributed by atoms with E-state index in [0.29, 0.717) is 5.39 Å². The first-order chi connectivity index (χ1) is 10.9. The van der Waals surface area contributed by atoms with Crippen LogP contribution < -0.4 is 0 Å². The third-order valence-electron chi connectivity index (χ3n) is 3.22. The van der Waals surface area contributed by atoms with Gasteiger partial charge in [0.1, 0.15) is 6.33 Å². The molecule has 0 aliphatic carbocycles. The maximum atomic E-state index is 13.2. The molecule has 0 saturated heterocycles. The predicted molar refractivity (Wildman–Crippen MR) is 74.7 cm³/mol. The lowest BCUT2D eigenvalue weighted by Gasteiger charge is -2.14. The fourth-order valence-electron chi connectivity index (χ4n) is 2.25. The molecule has 0 spiro atoms. The zero-order valence-electron chi connectivity index (χ0n) is 11.4. The summed E-state index contributed by atoms with van der Waals surface area (Å²) < 4.78 is 39.6. The van der Waals surface area contributed by atoms with Gasteiger partial charge < -0.3 is 5.11 Å². The average Bonchev–Trinajstić information content (AvgIpc) is 2.52. The van der Waals surface area contributed by atoms with Crippen molar-refractivity contribution in [1.29, 1.82) is 0 Å². The van der Waals surface area contributed by atoms with Crippen LogP contribution in [0, 0.1) is 0 Å². The quantitative estimate of drug-likeness (QED) is 0.783. The summed E-state index contributed by atoms with van der Waals surface area (Å²) in [4.78, 5) is 22.9. The lowest BCUT2D eigenvalue weighted by molar-refractivity contribution is -0.137. The number of aromatic nitrogens is 3. The van der Waals surface area contributed by atoms with Crippen LogP contribution in [-0.2, 0) is 6.18 Å². The van der Waals surface area contributed by atoms with Gasteiger partial charge in [-0.1, -0.05) is 18.2 Å². The number of pyridine rings is 1. The Morgan fingerprint density at radius 1 is 1.13 bits per heavy atom. The van der Waals surface area contributed by atoms with Crippen molar-refractivity contribution >= 4 is 17.0 Å². The molecule has 0 fully saturated rings. The van der Waals surface area contributed by atoms with Crippen molar-refractivity contribution in [3.63, 3.8) is 0 Å². The molecule has 2 heterocycles. The molecule has 0 atom stereocenters. The van der Waals surface area contributed by atoms with Crippen LogP contribution in [-0.4, -0.2) is 26.0 Å². The maximum Gasteiger partial charge on any atom is 0.417 e. The summed E-state index contributed by atoms with van der Waals surface area (Å²) >= 11 is 0. The molecule has 2 aromatic heterocycles. The Kier molecular flexibility index (Phi) is 3.44. The number of alkyl halides is 3. The molecule has 8 heteroatoms. The highest BCUT2D eigenvalue weighted by atomic mass is 19.4. The minimum atomic E-state index is -4.62. The Morgan fingerprint density at radius 2 is 1.87 bits per heavy atom. The summed E-state index contributed by atoms with van der Waals surface area (Å²) in [5.74, 6) is -1.43. The molecule has 3 rings (SSSR count). The molecule has 0 aliphatic heterocycles. The molecule has 0 unspecified atom stereocenters. The normalized spacial score (nSPS) is 11.6. The van der Waals surface area contributed by atoms with Crippen molar-refractivity contribution in [3.05, 3.63) is 54.1 Å². The van der Waals surface area contributed by atoms with E-state index in [2.05, 4.69) is 15.0 Å². The Morgan fingerprint density at radius 3 is 2.57 bits per heavy atom.